The van der Waals surface area contributed by atoms with Crippen LogP contribution in [0.2, 0.25) is 0 Å². The molecule has 0 aromatic rings. The fourth-order valence-corrected chi connectivity index (χ4v) is 1.93. The van der Waals surface area contributed by atoms with E-state index in [1.807, 2.05) is 0 Å². The molecule has 0 spiro atoms. The Bertz CT molecular complexity index is 131. The number of nitrogens with one attached hydrogen (secondary N) is 1. The molecule has 0 saturated carbocycles. The lowest BCUT2D eigenvalue weighted by Gasteiger charge is -2.16. The molecule has 2 unspecified atom stereocenters. The zero-order chi connectivity index (χ0) is 11.7. The minimum Gasteiger partial charge on any atom is -0.316 e. The topological polar surface area (TPSA) is 12.0 Å². The molecular formula is C14H31N. The zero-order valence-corrected chi connectivity index (χ0v) is 11.5. The third-order valence-corrected chi connectivity index (χ3v) is 2.98. The van der Waals surface area contributed by atoms with Gasteiger partial charge in [-0.2, -0.15) is 0 Å². The molecule has 1 N–H and O–H groups in total. The van der Waals surface area contributed by atoms with Crippen molar-refractivity contribution in [3.05, 3.63) is 0 Å². The molecule has 0 heterocycles. The average molecular weight is 213 g/mol. The van der Waals surface area contributed by atoms with E-state index in [1.165, 1.54) is 32.2 Å². The molecule has 0 aliphatic rings. The lowest BCUT2D eigenvalue weighted by molar-refractivity contribution is 0.389. The van der Waals surface area contributed by atoms with Crippen molar-refractivity contribution < 1.29 is 0 Å². The van der Waals surface area contributed by atoms with Crippen molar-refractivity contribution in [2.45, 2.75) is 60.3 Å². The Kier molecular flexibility index (Phi) is 9.18. The van der Waals surface area contributed by atoms with Crippen LogP contribution < -0.4 is 5.32 Å². The predicted molar refractivity (Wildman–Crippen MR) is 70.2 cm³/mol. The largest absolute Gasteiger partial charge is 0.316 e. The van der Waals surface area contributed by atoms with Crippen LogP contribution in [-0.2, 0) is 0 Å². The first kappa shape index (κ1) is 15.0. The molecule has 0 amide bonds. The van der Waals surface area contributed by atoms with Crippen LogP contribution in [0.15, 0.2) is 0 Å². The summed E-state index contributed by atoms with van der Waals surface area (Å²) in [5.41, 5.74) is 0. The zero-order valence-electron chi connectivity index (χ0n) is 11.5. The van der Waals surface area contributed by atoms with Crippen LogP contribution in [0.4, 0.5) is 0 Å². The Hall–Kier alpha value is -0.0400. The molecular weight excluding hydrogens is 182 g/mol. The van der Waals surface area contributed by atoms with Crippen LogP contribution in [0.1, 0.15) is 60.3 Å². The van der Waals surface area contributed by atoms with Gasteiger partial charge in [0.15, 0.2) is 0 Å². The van der Waals surface area contributed by atoms with Gasteiger partial charge in [0.1, 0.15) is 0 Å². The highest BCUT2D eigenvalue weighted by atomic mass is 14.9. The van der Waals surface area contributed by atoms with Gasteiger partial charge in [0.25, 0.3) is 0 Å². The van der Waals surface area contributed by atoms with Gasteiger partial charge in [-0.3, -0.25) is 0 Å². The van der Waals surface area contributed by atoms with E-state index in [-0.39, 0.29) is 0 Å². The smallest absolute Gasteiger partial charge is 0.00230 e. The Labute approximate surface area is 97.0 Å². The fraction of sp³-hybridized carbons (Fsp3) is 1.00. The summed E-state index contributed by atoms with van der Waals surface area (Å²) >= 11 is 0. The lowest BCUT2D eigenvalue weighted by atomic mass is 9.95. The molecule has 0 fully saturated rings. The highest BCUT2D eigenvalue weighted by Crippen LogP contribution is 2.16. The van der Waals surface area contributed by atoms with Crippen molar-refractivity contribution in [1.29, 1.82) is 0 Å². The number of hydrogen-bond acceptors (Lipinski definition) is 1. The van der Waals surface area contributed by atoms with Gasteiger partial charge in [-0.25, -0.2) is 0 Å². The van der Waals surface area contributed by atoms with Crippen molar-refractivity contribution in [1.82, 2.24) is 5.32 Å². The van der Waals surface area contributed by atoms with Crippen molar-refractivity contribution in [3.8, 4) is 0 Å². The fourth-order valence-electron chi connectivity index (χ4n) is 1.93. The van der Waals surface area contributed by atoms with Crippen LogP contribution >= 0.6 is 0 Å². The Morgan fingerprint density at radius 2 is 1.40 bits per heavy atom. The second-order valence-electron chi connectivity index (χ2n) is 5.63. The molecule has 2 atom stereocenters. The first-order valence-electron chi connectivity index (χ1n) is 6.76. The van der Waals surface area contributed by atoms with Gasteiger partial charge in [0.05, 0.1) is 0 Å². The minimum atomic E-state index is 0.774. The summed E-state index contributed by atoms with van der Waals surface area (Å²) in [6, 6.07) is 0. The molecule has 0 saturated heterocycles. The Balaban J connectivity index is 3.36. The number of rotatable bonds is 9. The normalized spacial score (nSPS) is 15.6. The van der Waals surface area contributed by atoms with Crippen LogP contribution in [-0.4, -0.2) is 13.1 Å². The SMILES string of the molecule is CCCC(C)CCC(C)CNCC(C)C. The Morgan fingerprint density at radius 1 is 0.800 bits per heavy atom. The maximum Gasteiger partial charge on any atom is -0.00230 e. The van der Waals surface area contributed by atoms with E-state index in [2.05, 4.69) is 39.9 Å². The molecule has 0 bridgehead atoms. The summed E-state index contributed by atoms with van der Waals surface area (Å²) in [5.74, 6) is 2.53. The quantitative estimate of drug-likeness (QED) is 0.608. The summed E-state index contributed by atoms with van der Waals surface area (Å²) < 4.78 is 0. The van der Waals surface area contributed by atoms with Crippen LogP contribution in [0.3, 0.4) is 0 Å². The molecule has 0 aliphatic heterocycles. The summed E-state index contributed by atoms with van der Waals surface area (Å²) in [6.07, 6.45) is 5.51. The highest BCUT2D eigenvalue weighted by Gasteiger charge is 2.06. The summed E-state index contributed by atoms with van der Waals surface area (Å²) in [5, 5.41) is 3.54. The standard InChI is InChI=1S/C14H31N/c1-6-7-13(4)8-9-14(5)11-15-10-12(2)3/h12-15H,6-11H2,1-5H3. The van der Waals surface area contributed by atoms with Crippen molar-refractivity contribution >= 4 is 0 Å². The maximum absolute atomic E-state index is 3.54. The third-order valence-electron chi connectivity index (χ3n) is 2.98. The second kappa shape index (κ2) is 9.21. The Morgan fingerprint density at radius 3 is 1.93 bits per heavy atom. The van der Waals surface area contributed by atoms with Gasteiger partial charge in [0.2, 0.25) is 0 Å². The van der Waals surface area contributed by atoms with Crippen LogP contribution in [0, 0.1) is 17.8 Å². The predicted octanol–water partition coefficient (Wildman–Crippen LogP) is 4.08. The van der Waals surface area contributed by atoms with Crippen LogP contribution in [0.5, 0.6) is 0 Å². The van der Waals surface area contributed by atoms with E-state index >= 15 is 0 Å². The summed E-state index contributed by atoms with van der Waals surface area (Å²) in [6.45, 7) is 13.9. The van der Waals surface area contributed by atoms with Crippen LogP contribution in [0.25, 0.3) is 0 Å². The third kappa shape index (κ3) is 10.2. The summed E-state index contributed by atoms with van der Waals surface area (Å²) in [4.78, 5) is 0. The van der Waals surface area contributed by atoms with Gasteiger partial charge in [-0.15, -0.1) is 0 Å². The number of hydrogen-bond donors (Lipinski definition) is 1. The second-order valence-corrected chi connectivity index (χ2v) is 5.63. The van der Waals surface area contributed by atoms with Crippen molar-refractivity contribution in [2.75, 3.05) is 13.1 Å². The van der Waals surface area contributed by atoms with E-state index in [0.717, 1.165) is 24.3 Å². The molecule has 0 radical (unpaired) electrons. The molecule has 92 valence electrons. The average Bonchev–Trinajstić information content (AvgIpc) is 2.14. The monoisotopic (exact) mass is 213 g/mol. The molecule has 1 nitrogen and oxygen atoms in total. The minimum absolute atomic E-state index is 0.774. The van der Waals surface area contributed by atoms with Gasteiger partial charge < -0.3 is 5.32 Å². The molecule has 1 heteroatoms. The molecule has 0 aromatic heterocycles. The van der Waals surface area contributed by atoms with Crippen molar-refractivity contribution in [2.24, 2.45) is 17.8 Å². The van der Waals surface area contributed by atoms with E-state index in [1.54, 1.807) is 0 Å². The molecule has 0 rings (SSSR count). The van der Waals surface area contributed by atoms with Gasteiger partial charge >= 0.3 is 0 Å². The van der Waals surface area contributed by atoms with Crippen molar-refractivity contribution in [3.63, 3.8) is 0 Å². The van der Waals surface area contributed by atoms with E-state index in [9.17, 15) is 0 Å². The molecule has 15 heavy (non-hydrogen) atoms. The lowest BCUT2D eigenvalue weighted by Crippen LogP contribution is -2.25. The van der Waals surface area contributed by atoms with E-state index < -0.39 is 0 Å². The van der Waals surface area contributed by atoms with Gasteiger partial charge in [-0.05, 0) is 37.3 Å². The molecule has 0 aromatic carbocycles. The molecule has 0 aliphatic carbocycles. The maximum atomic E-state index is 3.54. The highest BCUT2D eigenvalue weighted by molar-refractivity contribution is 4.61. The first-order chi connectivity index (χ1) is 7.06. The first-order valence-corrected chi connectivity index (χ1v) is 6.76. The van der Waals surface area contributed by atoms with E-state index in [4.69, 9.17) is 0 Å². The van der Waals surface area contributed by atoms with E-state index in [0.29, 0.717) is 0 Å². The van der Waals surface area contributed by atoms with Gasteiger partial charge in [-0.1, -0.05) is 53.9 Å². The summed E-state index contributed by atoms with van der Waals surface area (Å²) in [7, 11) is 0. The van der Waals surface area contributed by atoms with Gasteiger partial charge in [0, 0.05) is 0 Å².